The van der Waals surface area contributed by atoms with E-state index in [0.29, 0.717) is 0 Å². The number of rotatable bonds is 2. The van der Waals surface area contributed by atoms with Crippen molar-refractivity contribution in [2.75, 3.05) is 13.6 Å². The zero-order valence-corrected chi connectivity index (χ0v) is 7.53. The van der Waals surface area contributed by atoms with Crippen molar-refractivity contribution in [1.82, 2.24) is 5.32 Å². The summed E-state index contributed by atoms with van der Waals surface area (Å²) in [7, 11) is 1.12. The third kappa shape index (κ3) is 1.48. The highest BCUT2D eigenvalue weighted by molar-refractivity contribution is 6.61. The molecule has 0 saturated heterocycles. The van der Waals surface area contributed by atoms with Crippen LogP contribution in [0.25, 0.3) is 0 Å². The van der Waals surface area contributed by atoms with E-state index in [2.05, 4.69) is 5.32 Å². The maximum atomic E-state index is 9.53. The molecule has 0 fully saturated rings. The van der Waals surface area contributed by atoms with Crippen molar-refractivity contribution in [3.8, 4) is 0 Å². The van der Waals surface area contributed by atoms with Crippen LogP contribution in [0.1, 0.15) is 11.7 Å². The lowest BCUT2D eigenvalue weighted by Gasteiger charge is -2.10. The van der Waals surface area contributed by atoms with E-state index >= 15 is 0 Å². The van der Waals surface area contributed by atoms with E-state index in [9.17, 15) is 5.02 Å². The molecule has 1 heterocycles. The fourth-order valence-corrected chi connectivity index (χ4v) is 1.67. The summed E-state index contributed by atoms with van der Waals surface area (Å²) in [5.74, 6) is 0. The number of fused-ring (bicyclic) bond motifs is 1. The minimum Gasteiger partial charge on any atom is -0.423 e. The fraction of sp³-hybridized carbons (Fsp3) is 0.333. The van der Waals surface area contributed by atoms with E-state index in [0.717, 1.165) is 17.6 Å². The monoisotopic (exact) mass is 177 g/mol. The van der Waals surface area contributed by atoms with Crippen molar-refractivity contribution >= 4 is 12.6 Å². The number of nitrogens with one attached hydrogen (secondary N) is 1. The number of likely N-dealkylation sites (N-methyl/N-ethyl adjacent to an activating group) is 1. The second-order valence-electron chi connectivity index (χ2n) is 3.16. The molecule has 68 valence electrons. The molecular formula is C9H12BNO2. The van der Waals surface area contributed by atoms with Crippen molar-refractivity contribution in [2.45, 2.75) is 6.10 Å². The van der Waals surface area contributed by atoms with E-state index in [1.54, 1.807) is 0 Å². The van der Waals surface area contributed by atoms with E-state index < -0.39 is 7.12 Å². The SMILES string of the molecule is CNC[C@H]1OB(O)c2ccccc21. The smallest absolute Gasteiger partial charge is 0.423 e. The normalized spacial score (nSPS) is 20.5. The lowest BCUT2D eigenvalue weighted by Crippen LogP contribution is -2.27. The highest BCUT2D eigenvalue weighted by Gasteiger charge is 2.33. The average molecular weight is 177 g/mol. The number of hydrogen-bond acceptors (Lipinski definition) is 3. The van der Waals surface area contributed by atoms with Crippen molar-refractivity contribution in [3.63, 3.8) is 0 Å². The first kappa shape index (κ1) is 8.75. The van der Waals surface area contributed by atoms with Gasteiger partial charge in [0.05, 0.1) is 6.10 Å². The van der Waals surface area contributed by atoms with Crippen molar-refractivity contribution < 1.29 is 9.68 Å². The van der Waals surface area contributed by atoms with Crippen LogP contribution in [0.5, 0.6) is 0 Å². The van der Waals surface area contributed by atoms with E-state index in [1.807, 2.05) is 31.3 Å². The molecule has 0 aromatic heterocycles. The molecule has 1 atom stereocenters. The van der Waals surface area contributed by atoms with E-state index in [-0.39, 0.29) is 6.10 Å². The molecule has 1 aromatic rings. The number of hydrogen-bond donors (Lipinski definition) is 2. The van der Waals surface area contributed by atoms with Crippen LogP contribution in [0.3, 0.4) is 0 Å². The Hall–Kier alpha value is -0.835. The van der Waals surface area contributed by atoms with Gasteiger partial charge >= 0.3 is 7.12 Å². The Morgan fingerprint density at radius 1 is 1.54 bits per heavy atom. The molecule has 0 radical (unpaired) electrons. The molecule has 2 N–H and O–H groups in total. The first-order chi connectivity index (χ1) is 6.33. The molecule has 1 aromatic carbocycles. The van der Waals surface area contributed by atoms with Gasteiger partial charge in [0.1, 0.15) is 0 Å². The molecule has 13 heavy (non-hydrogen) atoms. The zero-order valence-electron chi connectivity index (χ0n) is 7.53. The maximum Gasteiger partial charge on any atom is 0.492 e. The van der Waals surface area contributed by atoms with Crippen molar-refractivity contribution in [1.29, 1.82) is 0 Å². The molecule has 1 aliphatic heterocycles. The molecule has 0 spiro atoms. The summed E-state index contributed by atoms with van der Waals surface area (Å²) in [6.07, 6.45) is -0.0174. The molecule has 0 aliphatic carbocycles. The molecule has 0 amide bonds. The molecule has 0 saturated carbocycles. The second kappa shape index (κ2) is 3.50. The Morgan fingerprint density at radius 2 is 2.31 bits per heavy atom. The van der Waals surface area contributed by atoms with Crippen molar-refractivity contribution in [2.24, 2.45) is 0 Å². The second-order valence-corrected chi connectivity index (χ2v) is 3.16. The van der Waals surface area contributed by atoms with Gasteiger partial charge in [-0.25, -0.2) is 0 Å². The third-order valence-corrected chi connectivity index (χ3v) is 2.29. The zero-order chi connectivity index (χ0) is 9.26. The summed E-state index contributed by atoms with van der Waals surface area (Å²) in [5.41, 5.74) is 1.98. The minimum absolute atomic E-state index is 0.0174. The van der Waals surface area contributed by atoms with Crippen LogP contribution in [0.2, 0.25) is 0 Å². The van der Waals surface area contributed by atoms with Crippen molar-refractivity contribution in [3.05, 3.63) is 29.8 Å². The molecule has 0 bridgehead atoms. The Morgan fingerprint density at radius 3 is 3.08 bits per heavy atom. The van der Waals surface area contributed by atoms with Crippen LogP contribution in [0, 0.1) is 0 Å². The van der Waals surface area contributed by atoms with Crippen LogP contribution in [-0.4, -0.2) is 25.7 Å². The summed E-state index contributed by atoms with van der Waals surface area (Å²) in [4.78, 5) is 0. The predicted octanol–water partition coefficient (Wildman–Crippen LogP) is -0.335. The maximum absolute atomic E-state index is 9.53. The summed E-state index contributed by atoms with van der Waals surface area (Å²) in [5, 5.41) is 12.6. The van der Waals surface area contributed by atoms with Gasteiger partial charge in [0, 0.05) is 6.54 Å². The van der Waals surface area contributed by atoms with Gasteiger partial charge in [0.2, 0.25) is 0 Å². The van der Waals surface area contributed by atoms with Gasteiger partial charge in [-0.2, -0.15) is 0 Å². The first-order valence-corrected chi connectivity index (χ1v) is 4.40. The van der Waals surface area contributed by atoms with Crippen LogP contribution in [-0.2, 0) is 4.65 Å². The number of benzene rings is 1. The molecule has 0 unspecified atom stereocenters. The largest absolute Gasteiger partial charge is 0.492 e. The van der Waals surface area contributed by atoms with Gasteiger partial charge in [-0.1, -0.05) is 24.3 Å². The lowest BCUT2D eigenvalue weighted by molar-refractivity contribution is 0.190. The molecule has 1 aliphatic rings. The Balaban J connectivity index is 2.30. The lowest BCUT2D eigenvalue weighted by atomic mass is 9.79. The van der Waals surface area contributed by atoms with Gasteiger partial charge < -0.3 is 15.0 Å². The molecular weight excluding hydrogens is 165 g/mol. The molecule has 2 rings (SSSR count). The van der Waals surface area contributed by atoms with Gasteiger partial charge in [0.25, 0.3) is 0 Å². The fourth-order valence-electron chi connectivity index (χ4n) is 1.67. The van der Waals surface area contributed by atoms with E-state index in [4.69, 9.17) is 4.65 Å². The predicted molar refractivity (Wildman–Crippen MR) is 51.8 cm³/mol. The van der Waals surface area contributed by atoms with Gasteiger partial charge in [-0.3, -0.25) is 0 Å². The van der Waals surface area contributed by atoms with Gasteiger partial charge in [-0.05, 0) is 18.1 Å². The van der Waals surface area contributed by atoms with Gasteiger partial charge in [0.15, 0.2) is 0 Å². The highest BCUT2D eigenvalue weighted by Crippen LogP contribution is 2.21. The summed E-state index contributed by atoms with van der Waals surface area (Å²) < 4.78 is 5.37. The highest BCUT2D eigenvalue weighted by atomic mass is 16.5. The molecule has 3 nitrogen and oxygen atoms in total. The van der Waals surface area contributed by atoms with Crippen LogP contribution in [0.4, 0.5) is 0 Å². The Labute approximate surface area is 77.9 Å². The summed E-state index contributed by atoms with van der Waals surface area (Å²) in [6, 6.07) is 7.76. The van der Waals surface area contributed by atoms with Crippen LogP contribution in [0.15, 0.2) is 24.3 Å². The van der Waals surface area contributed by atoms with Crippen LogP contribution < -0.4 is 10.8 Å². The quantitative estimate of drug-likeness (QED) is 0.607. The Bertz CT molecular complexity index is 305. The standard InChI is InChI=1S/C9H12BNO2/c1-11-6-9-7-4-2-3-5-8(7)10(12)13-9/h2-5,9,11-12H,6H2,1H3/t9-/m1/s1. The summed E-state index contributed by atoms with van der Waals surface area (Å²) in [6.45, 7) is 0.730. The minimum atomic E-state index is -0.755. The van der Waals surface area contributed by atoms with Crippen LogP contribution >= 0.6 is 0 Å². The first-order valence-electron chi connectivity index (χ1n) is 4.40. The Kier molecular flexibility index (Phi) is 2.35. The summed E-state index contributed by atoms with van der Waals surface area (Å²) >= 11 is 0. The topological polar surface area (TPSA) is 41.5 Å². The molecule has 4 heteroatoms. The third-order valence-electron chi connectivity index (χ3n) is 2.29. The van der Waals surface area contributed by atoms with Gasteiger partial charge in [-0.15, -0.1) is 0 Å². The van der Waals surface area contributed by atoms with E-state index in [1.165, 1.54) is 0 Å². The average Bonchev–Trinajstić information content (AvgIpc) is 2.46.